The molecule has 0 aliphatic carbocycles. The van der Waals surface area contributed by atoms with Gasteiger partial charge in [-0.15, -0.1) is 0 Å². The van der Waals surface area contributed by atoms with Gasteiger partial charge in [0.05, 0.1) is 36.8 Å². The molecule has 0 spiro atoms. The van der Waals surface area contributed by atoms with E-state index >= 15 is 4.39 Å². The second-order valence-corrected chi connectivity index (χ2v) is 9.72. The van der Waals surface area contributed by atoms with Crippen LogP contribution in [-0.4, -0.2) is 58.0 Å². The zero-order valence-corrected chi connectivity index (χ0v) is 21.4. The number of Topliss-reactive ketones (excluding diaryl/α,β-unsaturated/α-hetero) is 1. The summed E-state index contributed by atoms with van der Waals surface area (Å²) in [6, 6.07) is 0. The number of rotatable bonds is 3. The first-order chi connectivity index (χ1) is 16.4. The summed E-state index contributed by atoms with van der Waals surface area (Å²) in [6.07, 6.45) is 0.294. The topological polar surface area (TPSA) is 119 Å². The van der Waals surface area contributed by atoms with Crippen LogP contribution in [0.5, 0.6) is 0 Å². The third-order valence-electron chi connectivity index (χ3n) is 6.56. The number of ketones is 1. The van der Waals surface area contributed by atoms with Crippen molar-refractivity contribution in [1.29, 1.82) is 0 Å². The first-order valence-corrected chi connectivity index (χ1v) is 12.0. The first-order valence-electron chi connectivity index (χ1n) is 12.0. The molecular formula is C26H38FNO7. The Kier molecular flexibility index (Phi) is 10.4. The van der Waals surface area contributed by atoms with Gasteiger partial charge in [0.25, 0.3) is 0 Å². The number of aryl methyl sites for hydroxylation is 1. The van der Waals surface area contributed by atoms with Gasteiger partial charge in [-0.05, 0) is 26.7 Å². The Hall–Kier alpha value is -2.36. The number of carbonyl (C=O) groups is 2. The molecule has 0 radical (unpaired) electrons. The number of aliphatic hydroxyl groups is 2. The SMILES string of the molecule is CC[C@H]1C(=O)C(C)(C)[C@@H](O)CC(=O)O[C@H](/C(F)=C/c2coc(C)n2)C/C=C(/C)CCO[C@H](C)[C@H]1O. The van der Waals surface area contributed by atoms with Crippen molar-refractivity contribution in [1.82, 2.24) is 4.98 Å². The lowest BCUT2D eigenvalue weighted by Crippen LogP contribution is -2.47. The van der Waals surface area contributed by atoms with E-state index in [0.29, 0.717) is 18.7 Å². The quantitative estimate of drug-likeness (QED) is 0.476. The average Bonchev–Trinajstić information content (AvgIpc) is 3.20. The van der Waals surface area contributed by atoms with Crippen molar-refractivity contribution < 1.29 is 38.1 Å². The molecule has 0 amide bonds. The Morgan fingerprint density at radius 1 is 1.29 bits per heavy atom. The Labute approximate surface area is 206 Å². The van der Waals surface area contributed by atoms with Gasteiger partial charge in [-0.1, -0.05) is 32.4 Å². The number of hydrogen-bond donors (Lipinski definition) is 2. The molecule has 0 saturated heterocycles. The van der Waals surface area contributed by atoms with Crippen molar-refractivity contribution in [2.24, 2.45) is 11.3 Å². The van der Waals surface area contributed by atoms with Crippen LogP contribution in [0.1, 0.15) is 71.9 Å². The van der Waals surface area contributed by atoms with Gasteiger partial charge in [-0.25, -0.2) is 9.37 Å². The van der Waals surface area contributed by atoms with Gasteiger partial charge in [0.1, 0.15) is 23.6 Å². The molecule has 0 unspecified atom stereocenters. The summed E-state index contributed by atoms with van der Waals surface area (Å²) in [5.74, 6) is -2.35. The third kappa shape index (κ3) is 7.81. The van der Waals surface area contributed by atoms with Gasteiger partial charge in [0, 0.05) is 25.3 Å². The van der Waals surface area contributed by atoms with Gasteiger partial charge < -0.3 is 24.1 Å². The molecule has 1 aliphatic heterocycles. The van der Waals surface area contributed by atoms with Crippen LogP contribution < -0.4 is 0 Å². The number of esters is 1. The first kappa shape index (κ1) is 28.9. The Morgan fingerprint density at radius 2 is 1.97 bits per heavy atom. The van der Waals surface area contributed by atoms with Crippen LogP contribution in [0.15, 0.2) is 28.2 Å². The standard InChI is InChI=1S/C26H38FNO7/c1-7-19-24(31)16(3)33-11-10-15(2)8-9-21(20(27)12-18-14-34-17(4)28-18)35-23(30)13-22(29)26(5,6)25(19)32/h8,12,14,16,19,21-22,24,29,31H,7,9-11,13H2,1-6H3/b15-8-,20-12-/t16-,19-,21+,22+,24-/m1/s1. The van der Waals surface area contributed by atoms with Crippen LogP contribution in [-0.2, 0) is 19.1 Å². The van der Waals surface area contributed by atoms with E-state index in [2.05, 4.69) is 4.98 Å². The maximum atomic E-state index is 15.1. The van der Waals surface area contributed by atoms with E-state index in [1.165, 1.54) is 20.1 Å². The second-order valence-electron chi connectivity index (χ2n) is 9.72. The fraction of sp³-hybridized carbons (Fsp3) is 0.654. The van der Waals surface area contributed by atoms with E-state index in [1.807, 2.05) is 6.92 Å². The maximum absolute atomic E-state index is 15.1. The highest BCUT2D eigenvalue weighted by molar-refractivity contribution is 5.88. The van der Waals surface area contributed by atoms with Crippen LogP contribution in [0.2, 0.25) is 0 Å². The molecule has 2 heterocycles. The summed E-state index contributed by atoms with van der Waals surface area (Å²) >= 11 is 0. The largest absolute Gasteiger partial charge is 0.455 e. The van der Waals surface area contributed by atoms with E-state index in [9.17, 15) is 19.8 Å². The summed E-state index contributed by atoms with van der Waals surface area (Å²) in [6.45, 7) is 10.3. The molecule has 1 aromatic rings. The molecule has 0 bridgehead atoms. The number of aromatic nitrogens is 1. The second kappa shape index (κ2) is 12.6. The average molecular weight is 496 g/mol. The van der Waals surface area contributed by atoms with Gasteiger partial charge in [0.15, 0.2) is 12.0 Å². The number of nitrogens with zero attached hydrogens (tertiary/aromatic N) is 1. The Balaban J connectivity index is 2.35. The zero-order valence-electron chi connectivity index (χ0n) is 21.4. The van der Waals surface area contributed by atoms with E-state index in [4.69, 9.17) is 13.9 Å². The number of ether oxygens (including phenoxy) is 2. The van der Waals surface area contributed by atoms with Gasteiger partial charge >= 0.3 is 5.97 Å². The molecule has 0 aromatic carbocycles. The zero-order chi connectivity index (χ0) is 26.3. The van der Waals surface area contributed by atoms with Crippen LogP contribution in [0.3, 0.4) is 0 Å². The smallest absolute Gasteiger partial charge is 0.309 e. The Bertz CT molecular complexity index is 936. The summed E-state index contributed by atoms with van der Waals surface area (Å²) in [5.41, 5.74) is -0.216. The molecule has 196 valence electrons. The monoisotopic (exact) mass is 495 g/mol. The number of oxazole rings is 1. The fourth-order valence-corrected chi connectivity index (χ4v) is 3.98. The highest BCUT2D eigenvalue weighted by Crippen LogP contribution is 2.32. The lowest BCUT2D eigenvalue weighted by molar-refractivity contribution is -0.155. The fourth-order valence-electron chi connectivity index (χ4n) is 3.98. The van der Waals surface area contributed by atoms with Gasteiger partial charge in [0.2, 0.25) is 0 Å². The molecular weight excluding hydrogens is 457 g/mol. The molecule has 0 saturated carbocycles. The number of cyclic esters (lactones) is 1. The lowest BCUT2D eigenvalue weighted by atomic mass is 9.73. The predicted octanol–water partition coefficient (Wildman–Crippen LogP) is 4.08. The van der Waals surface area contributed by atoms with Crippen molar-refractivity contribution in [2.75, 3.05) is 6.61 Å². The molecule has 0 fully saturated rings. The molecule has 35 heavy (non-hydrogen) atoms. The van der Waals surface area contributed by atoms with Crippen molar-refractivity contribution in [3.63, 3.8) is 0 Å². The molecule has 1 aromatic heterocycles. The minimum Gasteiger partial charge on any atom is -0.455 e. The third-order valence-corrected chi connectivity index (χ3v) is 6.56. The molecule has 8 nitrogen and oxygen atoms in total. The van der Waals surface area contributed by atoms with E-state index < -0.39 is 54.0 Å². The molecule has 2 rings (SSSR count). The number of carbonyl (C=O) groups excluding carboxylic acids is 2. The van der Waals surface area contributed by atoms with E-state index in [1.54, 1.807) is 26.8 Å². The molecule has 9 heteroatoms. The lowest BCUT2D eigenvalue weighted by Gasteiger charge is -2.35. The van der Waals surface area contributed by atoms with Crippen LogP contribution in [0, 0.1) is 18.3 Å². The number of aliphatic hydroxyl groups excluding tert-OH is 2. The van der Waals surface area contributed by atoms with Gasteiger partial charge in [-0.3, -0.25) is 9.59 Å². The van der Waals surface area contributed by atoms with Crippen molar-refractivity contribution in [2.45, 2.75) is 91.6 Å². The number of hydrogen-bond acceptors (Lipinski definition) is 8. The molecule has 1 aliphatic rings. The minimum atomic E-state index is -1.39. The maximum Gasteiger partial charge on any atom is 0.309 e. The summed E-state index contributed by atoms with van der Waals surface area (Å²) < 4.78 is 31.3. The predicted molar refractivity (Wildman–Crippen MR) is 128 cm³/mol. The van der Waals surface area contributed by atoms with Crippen LogP contribution in [0.25, 0.3) is 6.08 Å². The number of halogens is 1. The van der Waals surface area contributed by atoms with Crippen molar-refractivity contribution >= 4 is 17.8 Å². The highest BCUT2D eigenvalue weighted by atomic mass is 19.1. The summed E-state index contributed by atoms with van der Waals surface area (Å²) in [4.78, 5) is 30.0. The summed E-state index contributed by atoms with van der Waals surface area (Å²) in [5, 5.41) is 21.6. The summed E-state index contributed by atoms with van der Waals surface area (Å²) in [7, 11) is 0. The van der Waals surface area contributed by atoms with Gasteiger partial charge in [-0.2, -0.15) is 0 Å². The van der Waals surface area contributed by atoms with E-state index in [0.717, 1.165) is 11.6 Å². The normalized spacial score (nSPS) is 31.5. The highest BCUT2D eigenvalue weighted by Gasteiger charge is 2.43. The van der Waals surface area contributed by atoms with Crippen LogP contribution >= 0.6 is 0 Å². The van der Waals surface area contributed by atoms with Crippen molar-refractivity contribution in [3.8, 4) is 0 Å². The van der Waals surface area contributed by atoms with E-state index in [-0.39, 0.29) is 24.5 Å². The molecule has 5 atom stereocenters. The van der Waals surface area contributed by atoms with Crippen LogP contribution in [0.4, 0.5) is 4.39 Å². The minimum absolute atomic E-state index is 0.0608. The molecule has 2 N–H and O–H groups in total. The Morgan fingerprint density at radius 3 is 2.57 bits per heavy atom. The van der Waals surface area contributed by atoms with Crippen molar-refractivity contribution in [3.05, 3.63) is 35.3 Å².